The summed E-state index contributed by atoms with van der Waals surface area (Å²) in [6.07, 6.45) is 2.86. The van der Waals surface area contributed by atoms with Crippen molar-refractivity contribution < 1.29 is 13.5 Å². The predicted molar refractivity (Wildman–Crippen MR) is 57.5 cm³/mol. The van der Waals surface area contributed by atoms with Crippen molar-refractivity contribution in [1.82, 2.24) is 4.72 Å². The minimum absolute atomic E-state index is 0.0370. The van der Waals surface area contributed by atoms with Crippen LogP contribution in [-0.2, 0) is 10.0 Å². The van der Waals surface area contributed by atoms with Crippen molar-refractivity contribution in [3.05, 3.63) is 12.7 Å². The molecule has 0 aromatic carbocycles. The Balaban J connectivity index is 3.80. The smallest absolute Gasteiger partial charge is 0.211 e. The van der Waals surface area contributed by atoms with Crippen LogP contribution < -0.4 is 4.72 Å². The lowest BCUT2D eigenvalue weighted by Gasteiger charge is -2.10. The zero-order valence-corrected chi connectivity index (χ0v) is 9.39. The quantitative estimate of drug-likeness (QED) is 0.591. The number of sulfonamides is 1. The van der Waals surface area contributed by atoms with Gasteiger partial charge < -0.3 is 5.11 Å². The molecule has 0 radical (unpaired) electrons. The summed E-state index contributed by atoms with van der Waals surface area (Å²) < 4.78 is 24.8. The van der Waals surface area contributed by atoms with E-state index in [1.807, 2.05) is 6.92 Å². The Morgan fingerprint density at radius 3 is 2.71 bits per heavy atom. The fourth-order valence-corrected chi connectivity index (χ4v) is 2.04. The molecule has 84 valence electrons. The number of hydrogen-bond acceptors (Lipinski definition) is 3. The molecule has 0 aromatic heterocycles. The summed E-state index contributed by atoms with van der Waals surface area (Å²) in [5.74, 6) is 0.0370. The van der Waals surface area contributed by atoms with E-state index < -0.39 is 16.1 Å². The van der Waals surface area contributed by atoms with Gasteiger partial charge in [-0.25, -0.2) is 13.1 Å². The molecule has 0 aliphatic rings. The third-order valence-corrected chi connectivity index (χ3v) is 3.13. The monoisotopic (exact) mass is 221 g/mol. The van der Waals surface area contributed by atoms with Crippen LogP contribution in [0.15, 0.2) is 12.7 Å². The van der Waals surface area contributed by atoms with E-state index in [1.54, 1.807) is 6.08 Å². The highest BCUT2D eigenvalue weighted by Crippen LogP contribution is 1.96. The van der Waals surface area contributed by atoms with Crippen molar-refractivity contribution in [2.45, 2.75) is 32.3 Å². The van der Waals surface area contributed by atoms with Crippen molar-refractivity contribution in [2.75, 3.05) is 12.3 Å². The third kappa shape index (κ3) is 7.06. The van der Waals surface area contributed by atoms with Crippen LogP contribution in [0, 0.1) is 0 Å². The van der Waals surface area contributed by atoms with Gasteiger partial charge in [0, 0.05) is 6.54 Å². The molecule has 0 amide bonds. The van der Waals surface area contributed by atoms with Gasteiger partial charge in [0.15, 0.2) is 0 Å². The molecule has 5 heteroatoms. The lowest BCUT2D eigenvalue weighted by molar-refractivity contribution is 0.167. The Labute approximate surface area is 86.1 Å². The molecule has 0 aromatic rings. The summed E-state index contributed by atoms with van der Waals surface area (Å²) in [5.41, 5.74) is 0. The molecular formula is C9H19NO3S. The molecule has 14 heavy (non-hydrogen) atoms. The minimum atomic E-state index is -3.24. The average Bonchev–Trinajstić information content (AvgIpc) is 2.13. The van der Waals surface area contributed by atoms with Gasteiger partial charge in [0.05, 0.1) is 11.9 Å². The first-order valence-electron chi connectivity index (χ1n) is 4.78. The maximum Gasteiger partial charge on any atom is 0.211 e. The number of hydrogen-bond donors (Lipinski definition) is 2. The highest BCUT2D eigenvalue weighted by atomic mass is 32.2. The lowest BCUT2D eigenvalue weighted by atomic mass is 10.2. The average molecular weight is 221 g/mol. The van der Waals surface area contributed by atoms with Crippen molar-refractivity contribution in [2.24, 2.45) is 0 Å². The Hall–Kier alpha value is -0.390. The maximum atomic E-state index is 11.2. The summed E-state index contributed by atoms with van der Waals surface area (Å²) >= 11 is 0. The largest absolute Gasteiger partial charge is 0.392 e. The van der Waals surface area contributed by atoms with E-state index in [2.05, 4.69) is 11.3 Å². The van der Waals surface area contributed by atoms with Gasteiger partial charge in [0.1, 0.15) is 0 Å². The maximum absolute atomic E-state index is 11.2. The molecular weight excluding hydrogens is 202 g/mol. The Morgan fingerprint density at radius 1 is 1.57 bits per heavy atom. The molecule has 1 unspecified atom stereocenters. The van der Waals surface area contributed by atoms with Crippen molar-refractivity contribution in [1.29, 1.82) is 0 Å². The number of aliphatic hydroxyl groups is 1. The van der Waals surface area contributed by atoms with Crippen LogP contribution in [0.25, 0.3) is 0 Å². The highest BCUT2D eigenvalue weighted by Gasteiger charge is 2.11. The first kappa shape index (κ1) is 13.6. The summed E-state index contributed by atoms with van der Waals surface area (Å²) in [7, 11) is -3.24. The Bertz CT molecular complexity index is 249. The van der Waals surface area contributed by atoms with Crippen LogP contribution >= 0.6 is 0 Å². The van der Waals surface area contributed by atoms with Crippen molar-refractivity contribution in [3.63, 3.8) is 0 Å². The fourth-order valence-electron chi connectivity index (χ4n) is 0.969. The van der Waals surface area contributed by atoms with E-state index in [-0.39, 0.29) is 12.3 Å². The summed E-state index contributed by atoms with van der Waals surface area (Å²) in [4.78, 5) is 0. The zero-order chi connectivity index (χ0) is 11.0. The summed E-state index contributed by atoms with van der Waals surface area (Å²) in [6, 6.07) is 0. The molecule has 0 spiro atoms. The van der Waals surface area contributed by atoms with E-state index >= 15 is 0 Å². The van der Waals surface area contributed by atoms with Gasteiger partial charge in [-0.05, 0) is 12.8 Å². The van der Waals surface area contributed by atoms with Gasteiger partial charge in [0.2, 0.25) is 10.0 Å². The second-order valence-electron chi connectivity index (χ2n) is 3.19. The summed E-state index contributed by atoms with van der Waals surface area (Å²) in [5, 5.41) is 9.29. The SMILES string of the molecule is C=CCCS(=O)(=O)NCC(O)CCC. The van der Waals surface area contributed by atoms with E-state index in [0.717, 1.165) is 6.42 Å². The molecule has 1 atom stereocenters. The molecule has 0 heterocycles. The standard InChI is InChI=1S/C9H19NO3S/c1-3-5-7-14(12,13)10-8-9(11)6-4-2/h3,9-11H,1,4-8H2,2H3. The lowest BCUT2D eigenvalue weighted by Crippen LogP contribution is -2.33. The Morgan fingerprint density at radius 2 is 2.21 bits per heavy atom. The predicted octanol–water partition coefficient (Wildman–Crippen LogP) is 0.643. The number of allylic oxidation sites excluding steroid dienone is 1. The van der Waals surface area contributed by atoms with Gasteiger partial charge in [-0.1, -0.05) is 19.4 Å². The van der Waals surface area contributed by atoms with Crippen LogP contribution in [0.5, 0.6) is 0 Å². The second-order valence-corrected chi connectivity index (χ2v) is 5.11. The van der Waals surface area contributed by atoms with Gasteiger partial charge >= 0.3 is 0 Å². The number of nitrogens with one attached hydrogen (secondary N) is 1. The molecule has 0 fully saturated rings. The van der Waals surface area contributed by atoms with E-state index in [9.17, 15) is 13.5 Å². The first-order valence-corrected chi connectivity index (χ1v) is 6.43. The fraction of sp³-hybridized carbons (Fsp3) is 0.778. The van der Waals surface area contributed by atoms with Crippen LogP contribution in [0.3, 0.4) is 0 Å². The van der Waals surface area contributed by atoms with E-state index in [4.69, 9.17) is 0 Å². The number of rotatable bonds is 8. The van der Waals surface area contributed by atoms with Crippen LogP contribution in [0.2, 0.25) is 0 Å². The first-order chi connectivity index (χ1) is 6.52. The zero-order valence-electron chi connectivity index (χ0n) is 8.57. The topological polar surface area (TPSA) is 66.4 Å². The van der Waals surface area contributed by atoms with E-state index in [0.29, 0.717) is 12.8 Å². The molecule has 0 saturated carbocycles. The van der Waals surface area contributed by atoms with Crippen LogP contribution in [0.4, 0.5) is 0 Å². The molecule has 0 aliphatic heterocycles. The van der Waals surface area contributed by atoms with Gasteiger partial charge in [-0.3, -0.25) is 0 Å². The molecule has 0 rings (SSSR count). The van der Waals surface area contributed by atoms with Crippen molar-refractivity contribution in [3.8, 4) is 0 Å². The van der Waals surface area contributed by atoms with Gasteiger partial charge in [-0.15, -0.1) is 6.58 Å². The van der Waals surface area contributed by atoms with Crippen molar-refractivity contribution >= 4 is 10.0 Å². The highest BCUT2D eigenvalue weighted by molar-refractivity contribution is 7.89. The normalized spacial score (nSPS) is 13.9. The second kappa shape index (κ2) is 6.98. The minimum Gasteiger partial charge on any atom is -0.392 e. The molecule has 0 bridgehead atoms. The molecule has 2 N–H and O–H groups in total. The van der Waals surface area contributed by atoms with Gasteiger partial charge in [-0.2, -0.15) is 0 Å². The third-order valence-electron chi connectivity index (χ3n) is 1.75. The van der Waals surface area contributed by atoms with Gasteiger partial charge in [0.25, 0.3) is 0 Å². The Kier molecular flexibility index (Phi) is 6.78. The van der Waals surface area contributed by atoms with Crippen LogP contribution in [0.1, 0.15) is 26.2 Å². The number of aliphatic hydroxyl groups excluding tert-OH is 1. The van der Waals surface area contributed by atoms with E-state index in [1.165, 1.54) is 0 Å². The molecule has 4 nitrogen and oxygen atoms in total. The molecule has 0 saturated heterocycles. The van der Waals surface area contributed by atoms with Crippen LogP contribution in [-0.4, -0.2) is 31.9 Å². The summed E-state index contributed by atoms with van der Waals surface area (Å²) in [6.45, 7) is 5.49. The molecule has 0 aliphatic carbocycles.